The number of carbonyl (C=O) groups is 2. The van der Waals surface area contributed by atoms with Gasteiger partial charge in [0.2, 0.25) is 5.91 Å². The summed E-state index contributed by atoms with van der Waals surface area (Å²) in [4.78, 5) is 28.6. The van der Waals surface area contributed by atoms with E-state index in [4.69, 9.17) is 0 Å². The smallest absolute Gasteiger partial charge is 0.237 e. The van der Waals surface area contributed by atoms with Crippen LogP contribution < -0.4 is 10.2 Å². The fourth-order valence-corrected chi connectivity index (χ4v) is 4.01. The lowest BCUT2D eigenvalue weighted by atomic mass is 9.95. The lowest BCUT2D eigenvalue weighted by Crippen LogP contribution is -2.55. The summed E-state index contributed by atoms with van der Waals surface area (Å²) in [6.45, 7) is 7.19. The van der Waals surface area contributed by atoms with Gasteiger partial charge in [0.25, 0.3) is 0 Å². The lowest BCUT2D eigenvalue weighted by Gasteiger charge is -2.39. The third kappa shape index (κ3) is 4.64. The van der Waals surface area contributed by atoms with Gasteiger partial charge in [-0.05, 0) is 51.0 Å². The van der Waals surface area contributed by atoms with Crippen LogP contribution in [0.15, 0.2) is 24.3 Å². The third-order valence-corrected chi connectivity index (χ3v) is 5.83. The number of benzene rings is 1. The molecule has 0 aromatic heterocycles. The van der Waals surface area contributed by atoms with Crippen molar-refractivity contribution in [2.24, 2.45) is 0 Å². The average molecular weight is 357 g/mol. The van der Waals surface area contributed by atoms with Crippen LogP contribution in [0.25, 0.3) is 0 Å². The summed E-state index contributed by atoms with van der Waals surface area (Å²) in [6, 6.07) is 8.13. The van der Waals surface area contributed by atoms with Crippen molar-refractivity contribution in [1.82, 2.24) is 10.2 Å². The van der Waals surface area contributed by atoms with Gasteiger partial charge in [-0.2, -0.15) is 0 Å². The first-order valence-electron chi connectivity index (χ1n) is 9.95. The Bertz CT molecular complexity index is 615. The van der Waals surface area contributed by atoms with Crippen molar-refractivity contribution in [3.8, 4) is 0 Å². The molecule has 142 valence electrons. The van der Waals surface area contributed by atoms with Crippen LogP contribution in [0.3, 0.4) is 0 Å². The number of nitrogens with one attached hydrogen (secondary N) is 1. The van der Waals surface area contributed by atoms with Crippen LogP contribution >= 0.6 is 0 Å². The molecule has 2 fully saturated rings. The van der Waals surface area contributed by atoms with E-state index in [1.807, 2.05) is 31.2 Å². The maximum Gasteiger partial charge on any atom is 0.237 e. The normalized spacial score (nSPS) is 20.6. The van der Waals surface area contributed by atoms with Crippen LogP contribution in [0.5, 0.6) is 0 Å². The Morgan fingerprint density at radius 3 is 2.19 bits per heavy atom. The molecule has 5 heteroatoms. The summed E-state index contributed by atoms with van der Waals surface area (Å²) in [7, 11) is 0. The number of anilines is 1. The van der Waals surface area contributed by atoms with Gasteiger partial charge in [-0.25, -0.2) is 0 Å². The molecule has 0 radical (unpaired) electrons. The summed E-state index contributed by atoms with van der Waals surface area (Å²) in [5.74, 6) is 0.273. The van der Waals surface area contributed by atoms with E-state index in [9.17, 15) is 9.59 Å². The van der Waals surface area contributed by atoms with Crippen LogP contribution in [0, 0.1) is 0 Å². The molecule has 5 nitrogen and oxygen atoms in total. The SMILES string of the molecule is CC(=O)c1ccc(N2CCN([C@@H](C)C(=O)NC3CCCCC3)CC2)cc1. The number of ketones is 1. The van der Waals surface area contributed by atoms with Gasteiger partial charge in [-0.1, -0.05) is 19.3 Å². The number of carbonyl (C=O) groups excluding carboxylic acids is 2. The Kier molecular flexibility index (Phi) is 6.30. The van der Waals surface area contributed by atoms with Gasteiger partial charge >= 0.3 is 0 Å². The minimum atomic E-state index is -0.0702. The molecular formula is C21H31N3O2. The molecule has 3 rings (SSSR count). The van der Waals surface area contributed by atoms with Crippen molar-refractivity contribution in [3.63, 3.8) is 0 Å². The summed E-state index contributed by atoms with van der Waals surface area (Å²) in [5, 5.41) is 3.25. The van der Waals surface area contributed by atoms with Crippen LogP contribution in [-0.4, -0.2) is 54.9 Å². The fourth-order valence-electron chi connectivity index (χ4n) is 4.01. The highest BCUT2D eigenvalue weighted by Crippen LogP contribution is 2.20. The first-order valence-corrected chi connectivity index (χ1v) is 9.95. The molecule has 1 saturated heterocycles. The first-order chi connectivity index (χ1) is 12.5. The molecule has 1 heterocycles. The van der Waals surface area contributed by atoms with E-state index in [0.29, 0.717) is 6.04 Å². The molecule has 26 heavy (non-hydrogen) atoms. The minimum absolute atomic E-state index is 0.0702. The van der Waals surface area contributed by atoms with E-state index in [1.54, 1.807) is 6.92 Å². The Hall–Kier alpha value is -1.88. The predicted molar refractivity (Wildman–Crippen MR) is 105 cm³/mol. The summed E-state index contributed by atoms with van der Waals surface area (Å²) in [5.41, 5.74) is 1.90. The Morgan fingerprint density at radius 1 is 1.00 bits per heavy atom. The molecule has 0 unspecified atom stereocenters. The molecule has 0 bridgehead atoms. The number of rotatable bonds is 5. The zero-order chi connectivity index (χ0) is 18.5. The Balaban J connectivity index is 1.49. The van der Waals surface area contributed by atoms with Crippen molar-refractivity contribution >= 4 is 17.4 Å². The number of nitrogens with zero attached hydrogens (tertiary/aromatic N) is 2. The van der Waals surface area contributed by atoms with Gasteiger partial charge in [0.05, 0.1) is 6.04 Å². The number of hydrogen-bond donors (Lipinski definition) is 1. The molecule has 1 atom stereocenters. The third-order valence-electron chi connectivity index (χ3n) is 5.83. The van der Waals surface area contributed by atoms with Gasteiger partial charge in [0.15, 0.2) is 5.78 Å². The molecule has 1 aromatic rings. The molecule has 1 aliphatic carbocycles. The highest BCUT2D eigenvalue weighted by Gasteiger charge is 2.27. The summed E-state index contributed by atoms with van der Waals surface area (Å²) < 4.78 is 0. The second kappa shape index (κ2) is 8.67. The van der Waals surface area contributed by atoms with E-state index in [1.165, 1.54) is 19.3 Å². The van der Waals surface area contributed by atoms with Crippen molar-refractivity contribution in [2.45, 2.75) is 58.0 Å². The Labute approximate surface area is 156 Å². The molecule has 1 aliphatic heterocycles. The Morgan fingerprint density at radius 2 is 1.62 bits per heavy atom. The topological polar surface area (TPSA) is 52.7 Å². The zero-order valence-corrected chi connectivity index (χ0v) is 16.0. The van der Waals surface area contributed by atoms with Crippen molar-refractivity contribution < 1.29 is 9.59 Å². The standard InChI is InChI=1S/C21H31N3O2/c1-16(21(26)22-19-6-4-3-5-7-19)23-12-14-24(15-13-23)20-10-8-18(9-11-20)17(2)25/h8-11,16,19H,3-7,12-15H2,1-2H3,(H,22,26)/t16-/m0/s1. The molecule has 0 spiro atoms. The van der Waals surface area contributed by atoms with Crippen molar-refractivity contribution in [2.75, 3.05) is 31.1 Å². The van der Waals surface area contributed by atoms with Crippen LogP contribution in [0.1, 0.15) is 56.3 Å². The summed E-state index contributed by atoms with van der Waals surface area (Å²) >= 11 is 0. The number of hydrogen-bond acceptors (Lipinski definition) is 4. The zero-order valence-electron chi connectivity index (χ0n) is 16.0. The van der Waals surface area contributed by atoms with Crippen molar-refractivity contribution in [3.05, 3.63) is 29.8 Å². The minimum Gasteiger partial charge on any atom is -0.369 e. The first kappa shape index (κ1) is 18.9. The molecule has 1 amide bonds. The summed E-state index contributed by atoms with van der Waals surface area (Å²) in [6.07, 6.45) is 6.03. The molecule has 1 saturated carbocycles. The van der Waals surface area contributed by atoms with Gasteiger partial charge in [-0.15, -0.1) is 0 Å². The van der Waals surface area contributed by atoms with E-state index in [2.05, 4.69) is 15.1 Å². The highest BCUT2D eigenvalue weighted by atomic mass is 16.2. The van der Waals surface area contributed by atoms with Gasteiger partial charge < -0.3 is 10.2 Å². The van der Waals surface area contributed by atoms with Crippen LogP contribution in [0.2, 0.25) is 0 Å². The second-order valence-corrected chi connectivity index (χ2v) is 7.65. The second-order valence-electron chi connectivity index (χ2n) is 7.65. The maximum absolute atomic E-state index is 12.6. The predicted octanol–water partition coefficient (Wildman–Crippen LogP) is 2.85. The van der Waals surface area contributed by atoms with Crippen LogP contribution in [0.4, 0.5) is 5.69 Å². The molecule has 2 aliphatic rings. The fraction of sp³-hybridized carbons (Fsp3) is 0.619. The number of piperazine rings is 1. The van der Waals surface area contributed by atoms with Gasteiger partial charge in [-0.3, -0.25) is 14.5 Å². The lowest BCUT2D eigenvalue weighted by molar-refractivity contribution is -0.127. The number of amides is 1. The quantitative estimate of drug-likeness (QED) is 0.824. The largest absolute Gasteiger partial charge is 0.369 e. The average Bonchev–Trinajstić information content (AvgIpc) is 2.68. The molecule has 1 N–H and O–H groups in total. The monoisotopic (exact) mass is 357 g/mol. The van der Waals surface area contributed by atoms with E-state index < -0.39 is 0 Å². The van der Waals surface area contributed by atoms with Crippen LogP contribution in [-0.2, 0) is 4.79 Å². The molecule has 1 aromatic carbocycles. The molecular weight excluding hydrogens is 326 g/mol. The van der Waals surface area contributed by atoms with E-state index in [0.717, 1.165) is 50.3 Å². The van der Waals surface area contributed by atoms with Crippen molar-refractivity contribution in [1.29, 1.82) is 0 Å². The van der Waals surface area contributed by atoms with E-state index >= 15 is 0 Å². The maximum atomic E-state index is 12.6. The highest BCUT2D eigenvalue weighted by molar-refractivity contribution is 5.94. The number of Topliss-reactive ketones (excluding diaryl/α,β-unsaturated/α-hetero) is 1. The van der Waals surface area contributed by atoms with E-state index in [-0.39, 0.29) is 17.7 Å². The van der Waals surface area contributed by atoms with Gasteiger partial charge in [0.1, 0.15) is 0 Å². The van der Waals surface area contributed by atoms with Gasteiger partial charge in [0, 0.05) is 43.5 Å².